The van der Waals surface area contributed by atoms with Gasteiger partial charge < -0.3 is 14.4 Å². The van der Waals surface area contributed by atoms with E-state index in [1.807, 2.05) is 11.8 Å². The molecule has 0 radical (unpaired) electrons. The molecule has 0 bridgehead atoms. The molecule has 1 aliphatic heterocycles. The third-order valence-corrected chi connectivity index (χ3v) is 5.99. The molecule has 1 saturated heterocycles. The van der Waals surface area contributed by atoms with E-state index >= 15 is 0 Å². The maximum atomic E-state index is 13.0. The fourth-order valence-corrected chi connectivity index (χ4v) is 4.22. The van der Waals surface area contributed by atoms with Crippen LogP contribution in [0.15, 0.2) is 16.6 Å². The van der Waals surface area contributed by atoms with E-state index in [1.54, 1.807) is 19.2 Å². The number of rotatable bonds is 6. The summed E-state index contributed by atoms with van der Waals surface area (Å²) >= 11 is 3.50. The number of piperidine rings is 1. The number of likely N-dealkylation sites (tertiary alicyclic amines) is 1. The van der Waals surface area contributed by atoms with E-state index in [2.05, 4.69) is 31.1 Å². The van der Waals surface area contributed by atoms with Crippen LogP contribution < -0.4 is 9.47 Å². The van der Waals surface area contributed by atoms with Crippen molar-refractivity contribution in [3.63, 3.8) is 0 Å². The molecular formula is C20H25BrN4O3. The number of benzene rings is 1. The Morgan fingerprint density at radius 2 is 2.00 bits per heavy atom. The highest BCUT2D eigenvalue weighted by molar-refractivity contribution is 9.10. The number of H-pyrrole nitrogens is 1. The number of nitrogens with one attached hydrogen (secondary N) is 1. The van der Waals surface area contributed by atoms with Crippen molar-refractivity contribution >= 4 is 21.8 Å². The highest BCUT2D eigenvalue weighted by Gasteiger charge is 2.31. The Balaban J connectivity index is 1.42. The van der Waals surface area contributed by atoms with Crippen LogP contribution in [0.4, 0.5) is 0 Å². The molecule has 7 nitrogen and oxygen atoms in total. The fraction of sp³-hybridized carbons (Fsp3) is 0.550. The minimum atomic E-state index is 0.0109. The average molecular weight is 449 g/mol. The molecule has 0 atom stereocenters. The zero-order valence-corrected chi connectivity index (χ0v) is 17.8. The lowest BCUT2D eigenvalue weighted by Gasteiger charge is -2.31. The van der Waals surface area contributed by atoms with Gasteiger partial charge in [0.05, 0.1) is 18.2 Å². The second-order valence-corrected chi connectivity index (χ2v) is 8.20. The number of hydrogen-bond donors (Lipinski definition) is 1. The van der Waals surface area contributed by atoms with Gasteiger partial charge in [-0.3, -0.25) is 9.89 Å². The Morgan fingerprint density at radius 1 is 1.25 bits per heavy atom. The van der Waals surface area contributed by atoms with Gasteiger partial charge in [-0.25, -0.2) is 4.98 Å². The molecule has 1 amide bonds. The van der Waals surface area contributed by atoms with Crippen LogP contribution >= 0.6 is 15.9 Å². The van der Waals surface area contributed by atoms with Crippen LogP contribution in [0.25, 0.3) is 0 Å². The summed E-state index contributed by atoms with van der Waals surface area (Å²) in [5.41, 5.74) is 0.598. The molecule has 4 rings (SSSR count). The predicted molar refractivity (Wildman–Crippen MR) is 108 cm³/mol. The third kappa shape index (κ3) is 3.87. The van der Waals surface area contributed by atoms with E-state index in [0.29, 0.717) is 48.6 Å². The van der Waals surface area contributed by atoms with Crippen molar-refractivity contribution in [3.05, 3.63) is 33.8 Å². The lowest BCUT2D eigenvalue weighted by molar-refractivity contribution is 0.0710. The molecule has 1 aliphatic carbocycles. The molecule has 2 aliphatic rings. The van der Waals surface area contributed by atoms with Gasteiger partial charge >= 0.3 is 0 Å². The first-order valence-corrected chi connectivity index (χ1v) is 10.6. The normalized spacial score (nSPS) is 17.6. The molecule has 150 valence electrons. The standard InChI is InChI=1S/C20H25BrN4O3/c1-3-28-17-15(21)10-14(11-16(17)27-2)20(26)25-8-6-13(7-9-25)19-22-18(23-24-19)12-4-5-12/h10-13H,3-9H2,1-2H3,(H,22,23,24). The Kier molecular flexibility index (Phi) is 5.57. The summed E-state index contributed by atoms with van der Waals surface area (Å²) < 4.78 is 11.7. The summed E-state index contributed by atoms with van der Waals surface area (Å²) in [5, 5.41) is 7.47. The van der Waals surface area contributed by atoms with Crippen LogP contribution in [0.5, 0.6) is 11.5 Å². The Hall–Kier alpha value is -2.09. The van der Waals surface area contributed by atoms with Crippen molar-refractivity contribution in [2.75, 3.05) is 26.8 Å². The van der Waals surface area contributed by atoms with Crippen LogP contribution in [0.1, 0.15) is 66.4 Å². The van der Waals surface area contributed by atoms with E-state index in [4.69, 9.17) is 9.47 Å². The SMILES string of the molecule is CCOc1c(Br)cc(C(=O)N2CCC(c3nc(C4CC4)n[nH]3)CC2)cc1OC. The second-order valence-electron chi connectivity index (χ2n) is 7.34. The van der Waals surface area contributed by atoms with Gasteiger partial charge in [0.25, 0.3) is 5.91 Å². The maximum Gasteiger partial charge on any atom is 0.254 e. The Morgan fingerprint density at radius 3 is 2.64 bits per heavy atom. The van der Waals surface area contributed by atoms with Crippen molar-refractivity contribution in [2.24, 2.45) is 0 Å². The van der Waals surface area contributed by atoms with Gasteiger partial charge in [-0.1, -0.05) is 0 Å². The topological polar surface area (TPSA) is 80.3 Å². The van der Waals surface area contributed by atoms with Gasteiger partial charge in [0.1, 0.15) is 5.82 Å². The lowest BCUT2D eigenvalue weighted by atomic mass is 9.95. The van der Waals surface area contributed by atoms with Crippen molar-refractivity contribution in [3.8, 4) is 11.5 Å². The summed E-state index contributed by atoms with van der Waals surface area (Å²) in [4.78, 5) is 19.6. The molecule has 1 saturated carbocycles. The van der Waals surface area contributed by atoms with Gasteiger partial charge in [0.2, 0.25) is 0 Å². The molecule has 28 heavy (non-hydrogen) atoms. The highest BCUT2D eigenvalue weighted by atomic mass is 79.9. The van der Waals surface area contributed by atoms with Crippen LogP contribution in [0.2, 0.25) is 0 Å². The molecular weight excluding hydrogens is 424 g/mol. The molecule has 1 N–H and O–H groups in total. The van der Waals surface area contributed by atoms with Crippen molar-refractivity contribution in [2.45, 2.75) is 44.4 Å². The third-order valence-electron chi connectivity index (χ3n) is 5.40. The van der Waals surface area contributed by atoms with Crippen molar-refractivity contribution < 1.29 is 14.3 Å². The zero-order chi connectivity index (χ0) is 19.7. The van der Waals surface area contributed by atoms with Crippen LogP contribution in [-0.4, -0.2) is 52.8 Å². The Labute approximate surface area is 172 Å². The molecule has 2 aromatic rings. The van der Waals surface area contributed by atoms with E-state index in [0.717, 1.165) is 29.0 Å². The zero-order valence-electron chi connectivity index (χ0n) is 16.2. The van der Waals surface area contributed by atoms with Crippen molar-refractivity contribution in [1.29, 1.82) is 0 Å². The summed E-state index contributed by atoms with van der Waals surface area (Å²) in [6, 6.07) is 3.56. The molecule has 8 heteroatoms. The monoisotopic (exact) mass is 448 g/mol. The van der Waals surface area contributed by atoms with E-state index in [1.165, 1.54) is 12.8 Å². The number of methoxy groups -OCH3 is 1. The molecule has 2 heterocycles. The summed E-state index contributed by atoms with van der Waals surface area (Å²) in [7, 11) is 1.58. The van der Waals surface area contributed by atoms with E-state index in [-0.39, 0.29) is 5.91 Å². The van der Waals surface area contributed by atoms with Crippen LogP contribution in [0, 0.1) is 0 Å². The second kappa shape index (κ2) is 8.11. The summed E-state index contributed by atoms with van der Waals surface area (Å²) in [6.07, 6.45) is 4.18. The smallest absolute Gasteiger partial charge is 0.254 e. The fourth-order valence-electron chi connectivity index (χ4n) is 3.66. The van der Waals surface area contributed by atoms with E-state index in [9.17, 15) is 4.79 Å². The molecule has 2 fully saturated rings. The average Bonchev–Trinajstić information content (AvgIpc) is 3.45. The number of hydrogen-bond acceptors (Lipinski definition) is 5. The highest BCUT2D eigenvalue weighted by Crippen LogP contribution is 2.39. The summed E-state index contributed by atoms with van der Waals surface area (Å²) in [5.74, 6) is 4.02. The lowest BCUT2D eigenvalue weighted by Crippen LogP contribution is -2.38. The molecule has 0 unspecified atom stereocenters. The molecule has 0 spiro atoms. The number of halogens is 1. The minimum Gasteiger partial charge on any atom is -0.493 e. The number of amides is 1. The quantitative estimate of drug-likeness (QED) is 0.724. The van der Waals surface area contributed by atoms with Crippen LogP contribution in [-0.2, 0) is 0 Å². The predicted octanol–water partition coefficient (Wildman–Crippen LogP) is 3.87. The number of aromatic nitrogens is 3. The molecule has 1 aromatic carbocycles. The number of nitrogens with zero attached hydrogens (tertiary/aromatic N) is 3. The number of carbonyl (C=O) groups excluding carboxylic acids is 1. The van der Waals surface area contributed by atoms with Crippen LogP contribution in [0.3, 0.4) is 0 Å². The first-order valence-electron chi connectivity index (χ1n) is 9.82. The van der Waals surface area contributed by atoms with Gasteiger partial charge in [-0.05, 0) is 60.7 Å². The van der Waals surface area contributed by atoms with Gasteiger partial charge in [0, 0.05) is 30.5 Å². The summed E-state index contributed by atoms with van der Waals surface area (Å²) in [6.45, 7) is 3.85. The minimum absolute atomic E-state index is 0.0109. The van der Waals surface area contributed by atoms with E-state index < -0.39 is 0 Å². The van der Waals surface area contributed by atoms with Gasteiger partial charge in [0.15, 0.2) is 17.3 Å². The first-order chi connectivity index (χ1) is 13.6. The van der Waals surface area contributed by atoms with Gasteiger partial charge in [-0.15, -0.1) is 0 Å². The molecule has 1 aromatic heterocycles. The largest absolute Gasteiger partial charge is 0.493 e. The number of aromatic amines is 1. The first kappa shape index (κ1) is 19.2. The maximum absolute atomic E-state index is 13.0. The van der Waals surface area contributed by atoms with Gasteiger partial charge in [-0.2, -0.15) is 5.10 Å². The Bertz CT molecular complexity index is 857. The number of ether oxygens (including phenoxy) is 2. The van der Waals surface area contributed by atoms with Crippen molar-refractivity contribution in [1.82, 2.24) is 20.1 Å². The number of carbonyl (C=O) groups is 1.